The van der Waals surface area contributed by atoms with Crippen LogP contribution < -0.4 is 0 Å². The first-order valence-electron chi connectivity index (χ1n) is 9.14. The van der Waals surface area contributed by atoms with E-state index in [1.165, 1.54) is 0 Å². The van der Waals surface area contributed by atoms with E-state index in [-0.39, 0.29) is 10.6 Å². The largest absolute Gasteiger partial charge is 0.417 e. The summed E-state index contributed by atoms with van der Waals surface area (Å²) in [6.45, 7) is 17.1. The van der Waals surface area contributed by atoms with Crippen molar-refractivity contribution in [2.24, 2.45) is 0 Å². The summed E-state index contributed by atoms with van der Waals surface area (Å²) in [6, 6.07) is 0. The van der Waals surface area contributed by atoms with Gasteiger partial charge < -0.3 is 14.3 Å². The van der Waals surface area contributed by atoms with Crippen molar-refractivity contribution in [3.63, 3.8) is 0 Å². The van der Waals surface area contributed by atoms with Crippen LogP contribution in [0.4, 0.5) is 0 Å². The van der Waals surface area contributed by atoms with Crippen LogP contribution in [-0.2, 0) is 9.16 Å². The van der Waals surface area contributed by atoms with Gasteiger partial charge in [-0.1, -0.05) is 32.9 Å². The quantitative estimate of drug-likeness (QED) is 0.443. The molecule has 4 heteroatoms. The molecule has 1 spiro atoms. The fourth-order valence-corrected chi connectivity index (χ4v) is 4.95. The molecular formula is C19H36O3Si. The van der Waals surface area contributed by atoms with E-state index in [1.807, 2.05) is 0 Å². The van der Waals surface area contributed by atoms with Crippen molar-refractivity contribution in [2.45, 2.75) is 95.1 Å². The first-order chi connectivity index (χ1) is 10.5. The smallest absolute Gasteiger partial charge is 0.191 e. The Labute approximate surface area is 143 Å². The summed E-state index contributed by atoms with van der Waals surface area (Å²) in [7, 11) is -1.69. The van der Waals surface area contributed by atoms with E-state index in [0.717, 1.165) is 63.7 Å². The molecule has 2 fully saturated rings. The SMILES string of the molecule is C=C1C[C@](O)(CCCO[Si](C)(C)C(C)(C)C)C[C@]2(CCCO2)C1. The van der Waals surface area contributed by atoms with Crippen LogP contribution in [0.2, 0.25) is 18.1 Å². The van der Waals surface area contributed by atoms with Gasteiger partial charge in [0.15, 0.2) is 8.32 Å². The Bertz CT molecular complexity index is 432. The van der Waals surface area contributed by atoms with Gasteiger partial charge in [0.25, 0.3) is 0 Å². The van der Waals surface area contributed by atoms with Crippen LogP contribution >= 0.6 is 0 Å². The molecule has 1 aliphatic heterocycles. The minimum atomic E-state index is -1.69. The summed E-state index contributed by atoms with van der Waals surface area (Å²) in [4.78, 5) is 0. The second-order valence-corrected chi connectivity index (χ2v) is 14.2. The van der Waals surface area contributed by atoms with Crippen LogP contribution in [0.5, 0.6) is 0 Å². The molecule has 23 heavy (non-hydrogen) atoms. The highest BCUT2D eigenvalue weighted by atomic mass is 28.4. The topological polar surface area (TPSA) is 38.7 Å². The third kappa shape index (κ3) is 4.68. The Morgan fingerprint density at radius 3 is 2.57 bits per heavy atom. The second-order valence-electron chi connectivity index (χ2n) is 9.35. The standard InChI is InChI=1S/C19H36O3Si/c1-16-13-18(20,15-19(14-16)10-8-11-21-19)9-7-12-22-23(5,6)17(2,3)4/h20H,1,7-15H2,2-6H3/t18-,19+/m1/s1. The van der Waals surface area contributed by atoms with Gasteiger partial charge in [-0.15, -0.1) is 0 Å². The van der Waals surface area contributed by atoms with Crippen LogP contribution in [0, 0.1) is 0 Å². The minimum absolute atomic E-state index is 0.135. The van der Waals surface area contributed by atoms with Crippen molar-refractivity contribution in [3.8, 4) is 0 Å². The van der Waals surface area contributed by atoms with Gasteiger partial charge >= 0.3 is 0 Å². The van der Waals surface area contributed by atoms with E-state index >= 15 is 0 Å². The molecule has 2 rings (SSSR count). The molecule has 3 nitrogen and oxygen atoms in total. The Morgan fingerprint density at radius 2 is 2.00 bits per heavy atom. The van der Waals surface area contributed by atoms with E-state index in [2.05, 4.69) is 40.4 Å². The van der Waals surface area contributed by atoms with Gasteiger partial charge in [0.2, 0.25) is 0 Å². The highest BCUT2D eigenvalue weighted by molar-refractivity contribution is 6.74. The third-order valence-electron chi connectivity index (χ3n) is 6.04. The summed E-state index contributed by atoms with van der Waals surface area (Å²) < 4.78 is 12.3. The molecule has 1 heterocycles. The van der Waals surface area contributed by atoms with Crippen LogP contribution in [0.1, 0.15) is 65.7 Å². The van der Waals surface area contributed by atoms with E-state index in [9.17, 15) is 5.11 Å². The summed E-state index contributed by atoms with van der Waals surface area (Å²) >= 11 is 0. The van der Waals surface area contributed by atoms with Gasteiger partial charge in [-0.3, -0.25) is 0 Å². The van der Waals surface area contributed by atoms with Crippen LogP contribution in [0.3, 0.4) is 0 Å². The molecular weight excluding hydrogens is 304 g/mol. The van der Waals surface area contributed by atoms with Crippen LogP contribution in [0.15, 0.2) is 12.2 Å². The van der Waals surface area contributed by atoms with Gasteiger partial charge in [-0.25, -0.2) is 0 Å². The lowest BCUT2D eigenvalue weighted by Crippen LogP contribution is -2.46. The lowest BCUT2D eigenvalue weighted by Gasteiger charge is -2.44. The maximum atomic E-state index is 11.1. The molecule has 1 N–H and O–H groups in total. The average molecular weight is 341 g/mol. The molecule has 1 saturated carbocycles. The molecule has 0 aromatic carbocycles. The molecule has 1 aliphatic carbocycles. The molecule has 2 aliphatic rings. The number of rotatable bonds is 5. The van der Waals surface area contributed by atoms with E-state index in [0.29, 0.717) is 0 Å². The van der Waals surface area contributed by atoms with Crippen molar-refractivity contribution < 1.29 is 14.3 Å². The fourth-order valence-electron chi connectivity index (χ4n) is 3.86. The van der Waals surface area contributed by atoms with Crippen molar-refractivity contribution in [3.05, 3.63) is 12.2 Å². The first kappa shape index (κ1) is 19.2. The zero-order valence-corrected chi connectivity index (χ0v) is 16.8. The molecule has 1 saturated heterocycles. The molecule has 0 unspecified atom stereocenters. The highest BCUT2D eigenvalue weighted by Gasteiger charge is 2.47. The van der Waals surface area contributed by atoms with E-state index in [1.54, 1.807) is 0 Å². The lowest BCUT2D eigenvalue weighted by atomic mass is 9.70. The van der Waals surface area contributed by atoms with Crippen LogP contribution in [-0.4, -0.2) is 37.8 Å². The highest BCUT2D eigenvalue weighted by Crippen LogP contribution is 2.47. The van der Waals surface area contributed by atoms with Gasteiger partial charge in [0, 0.05) is 19.6 Å². The third-order valence-corrected chi connectivity index (χ3v) is 10.6. The predicted octanol–water partition coefficient (Wildman–Crippen LogP) is 4.81. The molecule has 2 atom stereocenters. The molecule has 0 radical (unpaired) electrons. The Morgan fingerprint density at radius 1 is 1.30 bits per heavy atom. The Kier molecular flexibility index (Phi) is 5.52. The Balaban J connectivity index is 1.86. The fraction of sp³-hybridized carbons (Fsp3) is 0.895. The second kappa shape index (κ2) is 6.62. The van der Waals surface area contributed by atoms with Gasteiger partial charge in [-0.2, -0.15) is 0 Å². The van der Waals surface area contributed by atoms with Crippen molar-refractivity contribution >= 4 is 8.32 Å². The van der Waals surface area contributed by atoms with Gasteiger partial charge in [0.05, 0.1) is 11.2 Å². The summed E-state index contributed by atoms with van der Waals surface area (Å²) in [5.41, 5.74) is 0.354. The maximum absolute atomic E-state index is 11.1. The number of hydrogen-bond acceptors (Lipinski definition) is 3. The first-order valence-corrected chi connectivity index (χ1v) is 12.0. The van der Waals surface area contributed by atoms with Gasteiger partial charge in [0.1, 0.15) is 0 Å². The number of hydrogen-bond donors (Lipinski definition) is 1. The molecule has 0 amide bonds. The summed E-state index contributed by atoms with van der Waals surface area (Å²) in [5, 5.41) is 11.3. The molecule has 0 bridgehead atoms. The van der Waals surface area contributed by atoms with Crippen molar-refractivity contribution in [2.75, 3.05) is 13.2 Å². The maximum Gasteiger partial charge on any atom is 0.191 e. The summed E-state index contributed by atoms with van der Waals surface area (Å²) in [5.74, 6) is 0. The van der Waals surface area contributed by atoms with Crippen LogP contribution in [0.25, 0.3) is 0 Å². The zero-order valence-electron chi connectivity index (χ0n) is 15.8. The monoisotopic (exact) mass is 340 g/mol. The number of ether oxygens (including phenoxy) is 1. The van der Waals surface area contributed by atoms with Crippen molar-refractivity contribution in [1.29, 1.82) is 0 Å². The lowest BCUT2D eigenvalue weighted by molar-refractivity contribution is -0.0983. The number of aliphatic hydroxyl groups is 1. The summed E-state index contributed by atoms with van der Waals surface area (Å²) in [6.07, 6.45) is 6.28. The Hall–Kier alpha value is -0.163. The zero-order chi connectivity index (χ0) is 17.4. The predicted molar refractivity (Wildman–Crippen MR) is 98.2 cm³/mol. The van der Waals surface area contributed by atoms with Gasteiger partial charge in [-0.05, 0) is 56.7 Å². The molecule has 0 aromatic rings. The van der Waals surface area contributed by atoms with E-state index < -0.39 is 13.9 Å². The minimum Gasteiger partial charge on any atom is -0.417 e. The average Bonchev–Trinajstić information content (AvgIpc) is 2.79. The van der Waals surface area contributed by atoms with E-state index in [4.69, 9.17) is 9.16 Å². The molecule has 0 aromatic heterocycles. The van der Waals surface area contributed by atoms with Crippen molar-refractivity contribution in [1.82, 2.24) is 0 Å². The normalized spacial score (nSPS) is 32.7. The molecule has 134 valence electrons.